The van der Waals surface area contributed by atoms with Gasteiger partial charge >= 0.3 is 0 Å². The number of nitrogens with one attached hydrogen (secondary N) is 1. The molecule has 1 N–H and O–H groups in total. The first-order valence-corrected chi connectivity index (χ1v) is 6.42. The molecule has 1 atom stereocenters. The van der Waals surface area contributed by atoms with E-state index in [1.54, 1.807) is 12.3 Å². The lowest BCUT2D eigenvalue weighted by Crippen LogP contribution is -2.23. The highest BCUT2D eigenvalue weighted by atomic mass is 35.5. The molecule has 18 heavy (non-hydrogen) atoms. The van der Waals surface area contributed by atoms with Crippen LogP contribution < -0.4 is 5.32 Å². The van der Waals surface area contributed by atoms with Gasteiger partial charge in [0.05, 0.1) is 21.8 Å². The van der Waals surface area contributed by atoms with Gasteiger partial charge < -0.3 is 5.32 Å². The molecule has 1 heterocycles. The molecule has 0 fully saturated rings. The Morgan fingerprint density at radius 3 is 2.78 bits per heavy atom. The predicted octanol–water partition coefficient (Wildman–Crippen LogP) is 3.48. The van der Waals surface area contributed by atoms with Crippen molar-refractivity contribution in [2.45, 2.75) is 13.0 Å². The van der Waals surface area contributed by atoms with E-state index in [9.17, 15) is 0 Å². The van der Waals surface area contributed by atoms with E-state index >= 15 is 0 Å². The quantitative estimate of drug-likeness (QED) is 0.932. The molecule has 2 rings (SSSR count). The van der Waals surface area contributed by atoms with E-state index in [1.807, 2.05) is 25.1 Å². The Kier molecular flexibility index (Phi) is 4.53. The van der Waals surface area contributed by atoms with Crippen LogP contribution in [0.15, 0.2) is 36.8 Å². The Morgan fingerprint density at radius 1 is 1.28 bits per heavy atom. The maximum absolute atomic E-state index is 6.26. The van der Waals surface area contributed by atoms with Crippen molar-refractivity contribution in [3.63, 3.8) is 0 Å². The number of hydrogen-bond donors (Lipinski definition) is 1. The number of halogens is 2. The summed E-state index contributed by atoms with van der Waals surface area (Å²) in [5.74, 6) is 0. The zero-order valence-corrected chi connectivity index (χ0v) is 11.4. The molecule has 0 saturated carbocycles. The normalized spacial score (nSPS) is 12.4. The standard InChI is InChI=1S/C13H13Cl2N3/c1-2-17-13(11-6-7-16-8-18-11)9-4-3-5-10(14)12(9)15/h3-8,13,17H,2H2,1H3. The first-order valence-electron chi connectivity index (χ1n) is 5.67. The highest BCUT2D eigenvalue weighted by Crippen LogP contribution is 2.32. The van der Waals surface area contributed by atoms with Crippen molar-refractivity contribution in [2.24, 2.45) is 0 Å². The largest absolute Gasteiger partial charge is 0.305 e. The fourth-order valence-corrected chi connectivity index (χ4v) is 2.21. The van der Waals surface area contributed by atoms with Gasteiger partial charge in [-0.2, -0.15) is 0 Å². The maximum Gasteiger partial charge on any atom is 0.115 e. The van der Waals surface area contributed by atoms with E-state index in [-0.39, 0.29) is 6.04 Å². The molecule has 0 amide bonds. The molecule has 3 nitrogen and oxygen atoms in total. The molecular weight excluding hydrogens is 269 g/mol. The van der Waals surface area contributed by atoms with Gasteiger partial charge in [-0.15, -0.1) is 0 Å². The first kappa shape index (κ1) is 13.3. The third kappa shape index (κ3) is 2.80. The van der Waals surface area contributed by atoms with Gasteiger partial charge in [0.25, 0.3) is 0 Å². The van der Waals surface area contributed by atoms with E-state index in [4.69, 9.17) is 23.2 Å². The molecule has 0 aliphatic heterocycles. The Morgan fingerprint density at radius 2 is 2.11 bits per heavy atom. The lowest BCUT2D eigenvalue weighted by atomic mass is 10.0. The number of benzene rings is 1. The van der Waals surface area contributed by atoms with Crippen molar-refractivity contribution in [1.29, 1.82) is 0 Å². The molecule has 0 aliphatic rings. The van der Waals surface area contributed by atoms with E-state index in [2.05, 4.69) is 15.3 Å². The van der Waals surface area contributed by atoms with Crippen LogP contribution >= 0.6 is 23.2 Å². The monoisotopic (exact) mass is 281 g/mol. The summed E-state index contributed by atoms with van der Waals surface area (Å²) in [6.07, 6.45) is 3.24. The molecule has 0 aliphatic carbocycles. The third-order valence-corrected chi connectivity index (χ3v) is 3.43. The molecule has 1 aromatic carbocycles. The van der Waals surface area contributed by atoms with Gasteiger partial charge in [-0.25, -0.2) is 9.97 Å². The summed E-state index contributed by atoms with van der Waals surface area (Å²) in [4.78, 5) is 8.19. The van der Waals surface area contributed by atoms with Gasteiger partial charge in [0.2, 0.25) is 0 Å². The second kappa shape index (κ2) is 6.14. The minimum absolute atomic E-state index is 0.0794. The molecule has 94 valence electrons. The molecule has 0 bridgehead atoms. The Labute approximate surface area is 116 Å². The van der Waals surface area contributed by atoms with E-state index < -0.39 is 0 Å². The predicted molar refractivity (Wildman–Crippen MR) is 74.0 cm³/mol. The SMILES string of the molecule is CCNC(c1ccncn1)c1cccc(Cl)c1Cl. The summed E-state index contributed by atoms with van der Waals surface area (Å²) >= 11 is 12.3. The summed E-state index contributed by atoms with van der Waals surface area (Å²) in [5, 5.41) is 4.46. The molecule has 2 aromatic rings. The van der Waals surface area contributed by atoms with Crippen LogP contribution in [0.5, 0.6) is 0 Å². The number of hydrogen-bond acceptors (Lipinski definition) is 3. The average Bonchev–Trinajstić information content (AvgIpc) is 2.41. The zero-order valence-electron chi connectivity index (χ0n) is 9.90. The lowest BCUT2D eigenvalue weighted by molar-refractivity contribution is 0.614. The topological polar surface area (TPSA) is 37.8 Å². The fraction of sp³-hybridized carbons (Fsp3) is 0.231. The Bertz CT molecular complexity index is 517. The summed E-state index contributed by atoms with van der Waals surface area (Å²) < 4.78 is 0. The van der Waals surface area contributed by atoms with Crippen molar-refractivity contribution < 1.29 is 0 Å². The van der Waals surface area contributed by atoms with Gasteiger partial charge in [0.1, 0.15) is 6.33 Å². The second-order valence-corrected chi connectivity index (χ2v) is 4.55. The van der Waals surface area contributed by atoms with E-state index in [1.165, 1.54) is 6.33 Å². The molecule has 0 spiro atoms. The zero-order chi connectivity index (χ0) is 13.0. The number of nitrogens with zero attached hydrogens (tertiary/aromatic N) is 2. The average molecular weight is 282 g/mol. The highest BCUT2D eigenvalue weighted by Gasteiger charge is 2.18. The van der Waals surface area contributed by atoms with Crippen LogP contribution in [-0.2, 0) is 0 Å². The molecule has 5 heteroatoms. The minimum atomic E-state index is -0.0794. The van der Waals surface area contributed by atoms with Crippen LogP contribution in [0.1, 0.15) is 24.2 Å². The number of rotatable bonds is 4. The molecule has 1 aromatic heterocycles. The minimum Gasteiger partial charge on any atom is -0.305 e. The van der Waals surface area contributed by atoms with Crippen molar-refractivity contribution >= 4 is 23.2 Å². The van der Waals surface area contributed by atoms with Crippen molar-refractivity contribution in [2.75, 3.05) is 6.54 Å². The maximum atomic E-state index is 6.26. The lowest BCUT2D eigenvalue weighted by Gasteiger charge is -2.19. The smallest absolute Gasteiger partial charge is 0.115 e. The van der Waals surface area contributed by atoms with Gasteiger partial charge in [-0.1, -0.05) is 42.3 Å². The summed E-state index contributed by atoms with van der Waals surface area (Å²) in [5.41, 5.74) is 1.79. The van der Waals surface area contributed by atoms with E-state index in [0.29, 0.717) is 10.0 Å². The Hall–Kier alpha value is -1.16. The van der Waals surface area contributed by atoms with Gasteiger partial charge in [0.15, 0.2) is 0 Å². The van der Waals surface area contributed by atoms with Crippen molar-refractivity contribution in [1.82, 2.24) is 15.3 Å². The van der Waals surface area contributed by atoms with Gasteiger partial charge in [-0.3, -0.25) is 0 Å². The molecule has 0 saturated heterocycles. The van der Waals surface area contributed by atoms with Crippen LogP contribution in [0, 0.1) is 0 Å². The van der Waals surface area contributed by atoms with Gasteiger partial charge in [0, 0.05) is 6.20 Å². The molecular formula is C13H13Cl2N3. The van der Waals surface area contributed by atoms with Crippen LogP contribution in [0.2, 0.25) is 10.0 Å². The summed E-state index contributed by atoms with van der Waals surface area (Å²) in [6.45, 7) is 2.84. The summed E-state index contributed by atoms with van der Waals surface area (Å²) in [7, 11) is 0. The van der Waals surface area contributed by atoms with Gasteiger partial charge in [-0.05, 0) is 24.2 Å². The fourth-order valence-electron chi connectivity index (χ4n) is 1.79. The highest BCUT2D eigenvalue weighted by molar-refractivity contribution is 6.42. The van der Waals surface area contributed by atoms with E-state index in [0.717, 1.165) is 17.8 Å². The van der Waals surface area contributed by atoms with Crippen LogP contribution in [0.3, 0.4) is 0 Å². The van der Waals surface area contributed by atoms with Crippen LogP contribution in [0.25, 0.3) is 0 Å². The second-order valence-electron chi connectivity index (χ2n) is 3.77. The molecule has 0 radical (unpaired) electrons. The Balaban J connectivity index is 2.45. The van der Waals surface area contributed by atoms with Crippen LogP contribution in [-0.4, -0.2) is 16.5 Å². The summed E-state index contributed by atoms with van der Waals surface area (Å²) in [6, 6.07) is 7.39. The van der Waals surface area contributed by atoms with Crippen molar-refractivity contribution in [3.8, 4) is 0 Å². The first-order chi connectivity index (χ1) is 8.74. The number of aromatic nitrogens is 2. The van der Waals surface area contributed by atoms with Crippen LogP contribution in [0.4, 0.5) is 0 Å². The molecule has 1 unspecified atom stereocenters. The third-order valence-electron chi connectivity index (χ3n) is 2.60. The van der Waals surface area contributed by atoms with Crippen molar-refractivity contribution in [3.05, 3.63) is 58.1 Å².